The molecule has 0 spiro atoms. The lowest BCUT2D eigenvalue weighted by Gasteiger charge is -2.08. The summed E-state index contributed by atoms with van der Waals surface area (Å²) in [5.41, 5.74) is 4.63. The number of amides is 2. The van der Waals surface area contributed by atoms with Crippen molar-refractivity contribution >= 4 is 34.1 Å². The zero-order chi connectivity index (χ0) is 17.9. The van der Waals surface area contributed by atoms with Gasteiger partial charge >= 0.3 is 6.03 Å². The topological polar surface area (TPSA) is 82.7 Å². The summed E-state index contributed by atoms with van der Waals surface area (Å²) in [7, 11) is 0. The SMILES string of the molecule is Cc1cccc(CNC(=O)Nc2ccc3nc(-c4nccs4)[nH]c3c2)c1. The van der Waals surface area contributed by atoms with Crippen LogP contribution >= 0.6 is 11.3 Å². The van der Waals surface area contributed by atoms with Gasteiger partial charge in [0.2, 0.25) is 0 Å². The predicted molar refractivity (Wildman–Crippen MR) is 104 cm³/mol. The number of nitrogens with zero attached hydrogens (tertiary/aromatic N) is 2. The zero-order valence-electron chi connectivity index (χ0n) is 14.1. The van der Waals surface area contributed by atoms with Crippen molar-refractivity contribution in [2.24, 2.45) is 0 Å². The summed E-state index contributed by atoms with van der Waals surface area (Å²) in [6.45, 7) is 2.51. The molecule has 0 saturated heterocycles. The summed E-state index contributed by atoms with van der Waals surface area (Å²) >= 11 is 1.53. The molecule has 0 bridgehead atoms. The van der Waals surface area contributed by atoms with Gasteiger partial charge in [0, 0.05) is 23.8 Å². The second-order valence-corrected chi connectivity index (χ2v) is 6.85. The molecule has 2 aromatic heterocycles. The summed E-state index contributed by atoms with van der Waals surface area (Å²) in [5.74, 6) is 0.732. The summed E-state index contributed by atoms with van der Waals surface area (Å²) in [4.78, 5) is 24.2. The molecule has 26 heavy (non-hydrogen) atoms. The van der Waals surface area contributed by atoms with Crippen LogP contribution in [0.5, 0.6) is 0 Å². The van der Waals surface area contributed by atoms with Crippen LogP contribution in [-0.2, 0) is 6.54 Å². The lowest BCUT2D eigenvalue weighted by atomic mass is 10.1. The Morgan fingerprint density at radius 1 is 1.23 bits per heavy atom. The number of imidazole rings is 1. The van der Waals surface area contributed by atoms with Gasteiger partial charge in [-0.1, -0.05) is 29.8 Å². The number of rotatable bonds is 4. The minimum Gasteiger partial charge on any atom is -0.336 e. The van der Waals surface area contributed by atoms with Gasteiger partial charge in [0.25, 0.3) is 0 Å². The molecule has 4 rings (SSSR count). The highest BCUT2D eigenvalue weighted by Gasteiger charge is 2.09. The molecule has 7 heteroatoms. The van der Waals surface area contributed by atoms with E-state index in [4.69, 9.17) is 0 Å². The second-order valence-electron chi connectivity index (χ2n) is 5.95. The average Bonchev–Trinajstić information content (AvgIpc) is 3.29. The van der Waals surface area contributed by atoms with E-state index in [9.17, 15) is 4.79 Å². The third-order valence-electron chi connectivity index (χ3n) is 3.91. The molecule has 0 aliphatic heterocycles. The van der Waals surface area contributed by atoms with Crippen LogP contribution in [0.4, 0.5) is 10.5 Å². The van der Waals surface area contributed by atoms with Gasteiger partial charge in [-0.2, -0.15) is 0 Å². The number of anilines is 1. The van der Waals surface area contributed by atoms with Gasteiger partial charge < -0.3 is 15.6 Å². The number of hydrogen-bond acceptors (Lipinski definition) is 4. The first kappa shape index (κ1) is 16.3. The number of hydrogen-bond donors (Lipinski definition) is 3. The van der Waals surface area contributed by atoms with Crippen LogP contribution in [0.2, 0.25) is 0 Å². The fourth-order valence-corrected chi connectivity index (χ4v) is 3.29. The van der Waals surface area contributed by atoms with Crippen LogP contribution in [0, 0.1) is 6.92 Å². The summed E-state index contributed by atoms with van der Waals surface area (Å²) in [6.07, 6.45) is 1.75. The summed E-state index contributed by atoms with van der Waals surface area (Å²) in [5, 5.41) is 8.47. The van der Waals surface area contributed by atoms with Gasteiger partial charge in [-0.25, -0.2) is 14.8 Å². The van der Waals surface area contributed by atoms with Crippen molar-refractivity contribution in [2.75, 3.05) is 5.32 Å². The van der Waals surface area contributed by atoms with Crippen molar-refractivity contribution in [1.29, 1.82) is 0 Å². The van der Waals surface area contributed by atoms with E-state index < -0.39 is 0 Å². The number of fused-ring (bicyclic) bond motifs is 1. The number of aromatic nitrogens is 3. The third-order valence-corrected chi connectivity index (χ3v) is 4.69. The van der Waals surface area contributed by atoms with Gasteiger partial charge in [0.15, 0.2) is 10.8 Å². The van der Waals surface area contributed by atoms with Gasteiger partial charge in [-0.05, 0) is 30.7 Å². The van der Waals surface area contributed by atoms with Crippen molar-refractivity contribution in [2.45, 2.75) is 13.5 Å². The molecule has 0 radical (unpaired) electrons. The van der Waals surface area contributed by atoms with Gasteiger partial charge in [0.05, 0.1) is 11.0 Å². The largest absolute Gasteiger partial charge is 0.336 e. The lowest BCUT2D eigenvalue weighted by Crippen LogP contribution is -2.28. The molecule has 0 atom stereocenters. The monoisotopic (exact) mass is 363 g/mol. The second kappa shape index (κ2) is 6.97. The van der Waals surface area contributed by atoms with Crippen LogP contribution in [0.3, 0.4) is 0 Å². The van der Waals surface area contributed by atoms with Crippen molar-refractivity contribution in [1.82, 2.24) is 20.3 Å². The third kappa shape index (κ3) is 3.57. The Morgan fingerprint density at radius 3 is 2.96 bits per heavy atom. The number of benzene rings is 2. The first-order chi connectivity index (χ1) is 12.7. The predicted octanol–water partition coefficient (Wildman–Crippen LogP) is 4.32. The van der Waals surface area contributed by atoms with Crippen LogP contribution < -0.4 is 10.6 Å². The highest BCUT2D eigenvalue weighted by Crippen LogP contribution is 2.24. The van der Waals surface area contributed by atoms with Crippen molar-refractivity contribution in [3.8, 4) is 10.8 Å². The van der Waals surface area contributed by atoms with E-state index in [1.165, 1.54) is 16.9 Å². The molecule has 6 nitrogen and oxygen atoms in total. The smallest absolute Gasteiger partial charge is 0.319 e. The van der Waals surface area contributed by atoms with E-state index in [0.717, 1.165) is 27.4 Å². The van der Waals surface area contributed by atoms with Crippen molar-refractivity contribution < 1.29 is 4.79 Å². The highest BCUT2D eigenvalue weighted by molar-refractivity contribution is 7.13. The molecule has 2 amide bonds. The Kier molecular flexibility index (Phi) is 4.37. The Balaban J connectivity index is 1.44. The Labute approximate surface area is 154 Å². The molecule has 0 aliphatic carbocycles. The van der Waals surface area contributed by atoms with Crippen LogP contribution in [0.1, 0.15) is 11.1 Å². The van der Waals surface area contributed by atoms with E-state index >= 15 is 0 Å². The van der Waals surface area contributed by atoms with Crippen molar-refractivity contribution in [3.63, 3.8) is 0 Å². The number of urea groups is 1. The van der Waals surface area contributed by atoms with E-state index in [1.807, 2.05) is 48.7 Å². The highest BCUT2D eigenvalue weighted by atomic mass is 32.1. The molecule has 3 N–H and O–H groups in total. The van der Waals surface area contributed by atoms with Gasteiger partial charge in [-0.15, -0.1) is 11.3 Å². The molecule has 2 heterocycles. The normalized spacial score (nSPS) is 10.8. The quantitative estimate of drug-likeness (QED) is 0.505. The molecular formula is C19H17N5OS. The van der Waals surface area contributed by atoms with E-state index in [1.54, 1.807) is 6.20 Å². The number of carbonyl (C=O) groups excluding carboxylic acids is 1. The lowest BCUT2D eigenvalue weighted by molar-refractivity contribution is 0.251. The number of aromatic amines is 1. The first-order valence-electron chi connectivity index (χ1n) is 8.17. The fraction of sp³-hybridized carbons (Fsp3) is 0.105. The molecule has 0 fully saturated rings. The standard InChI is InChI=1S/C19H17N5OS/c1-12-3-2-4-13(9-12)11-21-19(25)22-14-5-6-15-16(10-14)24-17(23-15)18-20-7-8-26-18/h2-10H,11H2,1H3,(H,23,24)(H2,21,22,25). The van der Waals surface area contributed by atoms with Crippen LogP contribution in [0.15, 0.2) is 54.0 Å². The van der Waals surface area contributed by atoms with Gasteiger partial charge in [0.1, 0.15) is 0 Å². The fourth-order valence-electron chi connectivity index (χ4n) is 2.71. The number of thiazole rings is 1. The molecule has 0 unspecified atom stereocenters. The number of H-pyrrole nitrogens is 1. The first-order valence-corrected chi connectivity index (χ1v) is 9.05. The molecule has 4 aromatic rings. The van der Waals surface area contributed by atoms with E-state index in [-0.39, 0.29) is 6.03 Å². The number of aryl methyl sites for hydroxylation is 1. The maximum absolute atomic E-state index is 12.1. The van der Waals surface area contributed by atoms with Crippen LogP contribution in [0.25, 0.3) is 21.9 Å². The molecule has 0 saturated carbocycles. The average molecular weight is 363 g/mol. The number of nitrogens with one attached hydrogen (secondary N) is 3. The maximum Gasteiger partial charge on any atom is 0.319 e. The summed E-state index contributed by atoms with van der Waals surface area (Å²) in [6, 6.07) is 13.4. The molecule has 0 aliphatic rings. The minimum atomic E-state index is -0.245. The van der Waals surface area contributed by atoms with Crippen molar-refractivity contribution in [3.05, 3.63) is 65.2 Å². The Bertz CT molecular complexity index is 1050. The Morgan fingerprint density at radius 2 is 2.15 bits per heavy atom. The summed E-state index contributed by atoms with van der Waals surface area (Å²) < 4.78 is 0. The van der Waals surface area contributed by atoms with E-state index in [2.05, 4.69) is 31.7 Å². The Hall–Kier alpha value is -3.19. The molecular weight excluding hydrogens is 346 g/mol. The minimum absolute atomic E-state index is 0.245. The van der Waals surface area contributed by atoms with Crippen LogP contribution in [-0.4, -0.2) is 21.0 Å². The van der Waals surface area contributed by atoms with E-state index in [0.29, 0.717) is 12.2 Å². The maximum atomic E-state index is 12.1. The molecule has 2 aromatic carbocycles. The zero-order valence-corrected chi connectivity index (χ0v) is 14.9. The molecule has 130 valence electrons. The van der Waals surface area contributed by atoms with Gasteiger partial charge in [-0.3, -0.25) is 0 Å². The number of carbonyl (C=O) groups is 1.